The van der Waals surface area contributed by atoms with Gasteiger partial charge in [0, 0.05) is 30.6 Å². The van der Waals surface area contributed by atoms with Crippen molar-refractivity contribution in [3.8, 4) is 5.75 Å². The summed E-state index contributed by atoms with van der Waals surface area (Å²) < 4.78 is 12.5. The highest BCUT2D eigenvalue weighted by Gasteiger charge is 2.39. The molecule has 2 saturated heterocycles. The molecule has 210 valence electrons. The molecule has 0 N–H and O–H groups in total. The first-order valence-electron chi connectivity index (χ1n) is 15.1. The maximum Gasteiger partial charge on any atom is 0.125 e. The summed E-state index contributed by atoms with van der Waals surface area (Å²) >= 11 is 0. The smallest absolute Gasteiger partial charge is 0.125 e. The fourth-order valence-corrected chi connectivity index (χ4v) is 7.14. The number of carbonyl (C=O) groups is 1. The van der Waals surface area contributed by atoms with Gasteiger partial charge in [0.05, 0.1) is 12.2 Å². The number of carbonyl (C=O) groups excluding carboxylic acids is 1. The van der Waals surface area contributed by atoms with Crippen LogP contribution >= 0.6 is 0 Å². The monoisotopic (exact) mass is 537 g/mol. The second-order valence-electron chi connectivity index (χ2n) is 13.1. The van der Waals surface area contributed by atoms with Gasteiger partial charge in [0.25, 0.3) is 0 Å². The zero-order valence-corrected chi connectivity index (χ0v) is 24.3. The van der Waals surface area contributed by atoms with Crippen LogP contribution in [0.1, 0.15) is 87.0 Å². The first kappa shape index (κ1) is 27.1. The number of ether oxygens (including phenoxy) is 2. The predicted octanol–water partition coefficient (Wildman–Crippen LogP) is 7.69. The number of anilines is 1. The van der Waals surface area contributed by atoms with Crippen LogP contribution in [0, 0.1) is 5.92 Å². The average molecular weight is 538 g/mol. The molecule has 3 atom stereocenters. The lowest BCUT2D eigenvalue weighted by Gasteiger charge is -2.45. The Labute approximate surface area is 239 Å². The summed E-state index contributed by atoms with van der Waals surface area (Å²) in [5, 5.41) is 0. The van der Waals surface area contributed by atoms with Crippen LogP contribution in [-0.4, -0.2) is 37.2 Å². The van der Waals surface area contributed by atoms with Crippen LogP contribution in [0.4, 0.5) is 5.69 Å². The first-order chi connectivity index (χ1) is 19.3. The summed E-state index contributed by atoms with van der Waals surface area (Å²) in [6, 6.07) is 27.2. The highest BCUT2D eigenvalue weighted by atomic mass is 16.5. The van der Waals surface area contributed by atoms with Crippen molar-refractivity contribution in [2.24, 2.45) is 5.92 Å². The fraction of sp³-hybridized carbons (Fsp3) is 0.472. The van der Waals surface area contributed by atoms with E-state index >= 15 is 0 Å². The molecule has 1 spiro atoms. The van der Waals surface area contributed by atoms with E-state index in [2.05, 4.69) is 98.5 Å². The molecule has 0 radical (unpaired) electrons. The molecule has 3 aliphatic rings. The minimum atomic E-state index is -0.208. The van der Waals surface area contributed by atoms with Gasteiger partial charge >= 0.3 is 0 Å². The van der Waals surface area contributed by atoms with Crippen LogP contribution in [0.2, 0.25) is 0 Å². The number of rotatable bonds is 5. The highest BCUT2D eigenvalue weighted by molar-refractivity contribution is 5.54. The zero-order valence-electron chi connectivity index (χ0n) is 24.3. The molecule has 0 bridgehead atoms. The van der Waals surface area contributed by atoms with E-state index in [9.17, 15) is 4.79 Å². The van der Waals surface area contributed by atoms with Crippen LogP contribution < -0.4 is 9.64 Å². The third kappa shape index (κ3) is 5.69. The molecule has 6 rings (SSSR count). The van der Waals surface area contributed by atoms with Crippen molar-refractivity contribution >= 4 is 12.0 Å². The van der Waals surface area contributed by atoms with E-state index < -0.39 is 0 Å². The Bertz CT molecular complexity index is 1290. The lowest BCUT2D eigenvalue weighted by Crippen LogP contribution is -2.49. The highest BCUT2D eigenvalue weighted by Crippen LogP contribution is 2.47. The second kappa shape index (κ2) is 11.0. The number of nitrogens with zero attached hydrogens (tertiary/aromatic N) is 1. The van der Waals surface area contributed by atoms with E-state index in [4.69, 9.17) is 9.47 Å². The van der Waals surface area contributed by atoms with Crippen LogP contribution in [0.25, 0.3) is 0 Å². The molecule has 0 saturated carbocycles. The number of hydrogen-bond acceptors (Lipinski definition) is 4. The molecule has 1 unspecified atom stereocenters. The molecule has 3 aromatic carbocycles. The normalized spacial score (nSPS) is 24.4. The molecule has 2 heterocycles. The van der Waals surface area contributed by atoms with Gasteiger partial charge in [-0.3, -0.25) is 0 Å². The van der Waals surface area contributed by atoms with Gasteiger partial charge in [0.1, 0.15) is 17.6 Å². The van der Waals surface area contributed by atoms with Crippen molar-refractivity contribution in [3.05, 3.63) is 95.1 Å². The zero-order chi connectivity index (χ0) is 27.7. The summed E-state index contributed by atoms with van der Waals surface area (Å²) in [5.41, 5.74) is 6.70. The summed E-state index contributed by atoms with van der Waals surface area (Å²) in [6.07, 6.45) is 7.30. The fourth-order valence-electron chi connectivity index (χ4n) is 7.14. The quantitative estimate of drug-likeness (QED) is 0.313. The number of benzene rings is 3. The van der Waals surface area contributed by atoms with E-state index in [0.29, 0.717) is 18.4 Å². The Morgan fingerprint density at radius 3 is 2.30 bits per heavy atom. The standard InChI is InChI=1S/C36H43NO3/c1-35(2,3)40-31-14-16-33-29(23-31)11-15-32(27-7-5-4-6-8-27)34(33)28-9-12-30(13-10-28)37-21-19-36(20-22-37)18-17-26(24-38)25-39-36/h4-10,12-14,16,23-24,26,32,34H,11,15,17-22,25H2,1-3H3/t26?,32-,34+/m1/s1. The Morgan fingerprint density at radius 2 is 1.65 bits per heavy atom. The Morgan fingerprint density at radius 1 is 0.900 bits per heavy atom. The summed E-state index contributed by atoms with van der Waals surface area (Å²) in [5.74, 6) is 1.81. The maximum absolute atomic E-state index is 11.1. The molecular formula is C36H43NO3. The summed E-state index contributed by atoms with van der Waals surface area (Å²) in [6.45, 7) is 8.91. The van der Waals surface area contributed by atoms with Gasteiger partial charge < -0.3 is 19.2 Å². The summed E-state index contributed by atoms with van der Waals surface area (Å²) in [4.78, 5) is 13.7. The SMILES string of the molecule is CC(C)(C)Oc1ccc2c(c1)CC[C@H](c1ccccc1)[C@@H]2c1ccc(N2CCC3(CCC(C=O)CO3)CC2)cc1. The molecule has 4 heteroatoms. The average Bonchev–Trinajstić information content (AvgIpc) is 2.97. The van der Waals surface area contributed by atoms with Gasteiger partial charge in [-0.1, -0.05) is 48.5 Å². The van der Waals surface area contributed by atoms with E-state index in [-0.39, 0.29) is 17.1 Å². The van der Waals surface area contributed by atoms with E-state index in [1.165, 1.54) is 27.9 Å². The number of aryl methyl sites for hydroxylation is 1. The molecule has 2 aliphatic heterocycles. The largest absolute Gasteiger partial charge is 0.488 e. The van der Waals surface area contributed by atoms with Crippen molar-refractivity contribution in [2.45, 2.75) is 82.3 Å². The number of aldehydes is 1. The topological polar surface area (TPSA) is 38.8 Å². The minimum Gasteiger partial charge on any atom is -0.488 e. The van der Waals surface area contributed by atoms with Gasteiger partial charge in [-0.2, -0.15) is 0 Å². The lowest BCUT2D eigenvalue weighted by molar-refractivity contribution is -0.132. The molecule has 0 aromatic heterocycles. The number of hydrogen-bond donors (Lipinski definition) is 0. The van der Waals surface area contributed by atoms with Gasteiger partial charge in [-0.25, -0.2) is 0 Å². The van der Waals surface area contributed by atoms with Crippen LogP contribution in [-0.2, 0) is 16.0 Å². The van der Waals surface area contributed by atoms with Crippen LogP contribution in [0.5, 0.6) is 5.75 Å². The summed E-state index contributed by atoms with van der Waals surface area (Å²) in [7, 11) is 0. The number of piperidine rings is 1. The van der Waals surface area contributed by atoms with E-state index in [1.54, 1.807) is 0 Å². The van der Waals surface area contributed by atoms with Crippen molar-refractivity contribution in [1.29, 1.82) is 0 Å². The maximum atomic E-state index is 11.1. The molecule has 40 heavy (non-hydrogen) atoms. The molecule has 2 fully saturated rings. The van der Waals surface area contributed by atoms with Crippen molar-refractivity contribution in [1.82, 2.24) is 0 Å². The predicted molar refractivity (Wildman–Crippen MR) is 162 cm³/mol. The van der Waals surface area contributed by atoms with Crippen molar-refractivity contribution in [3.63, 3.8) is 0 Å². The molecule has 4 nitrogen and oxygen atoms in total. The van der Waals surface area contributed by atoms with Crippen LogP contribution in [0.3, 0.4) is 0 Å². The molecule has 1 aliphatic carbocycles. The van der Waals surface area contributed by atoms with Crippen molar-refractivity contribution in [2.75, 3.05) is 24.6 Å². The Hall–Kier alpha value is -3.11. The second-order valence-corrected chi connectivity index (χ2v) is 13.1. The minimum absolute atomic E-state index is 0.0276. The Kier molecular flexibility index (Phi) is 7.48. The molecule has 0 amide bonds. The van der Waals surface area contributed by atoms with Gasteiger partial charge in [-0.05, 0) is 112 Å². The Balaban J connectivity index is 1.23. The van der Waals surface area contributed by atoms with Gasteiger partial charge in [0.2, 0.25) is 0 Å². The third-order valence-electron chi connectivity index (χ3n) is 9.29. The lowest BCUT2D eigenvalue weighted by atomic mass is 9.69. The van der Waals surface area contributed by atoms with E-state index in [0.717, 1.165) is 63.7 Å². The first-order valence-corrected chi connectivity index (χ1v) is 15.1. The third-order valence-corrected chi connectivity index (χ3v) is 9.29. The van der Waals surface area contributed by atoms with E-state index in [1.807, 2.05) is 0 Å². The van der Waals surface area contributed by atoms with Crippen LogP contribution in [0.15, 0.2) is 72.8 Å². The van der Waals surface area contributed by atoms with Crippen molar-refractivity contribution < 1.29 is 14.3 Å². The van der Waals surface area contributed by atoms with Gasteiger partial charge in [-0.15, -0.1) is 0 Å². The number of fused-ring (bicyclic) bond motifs is 1. The molecule has 3 aromatic rings. The van der Waals surface area contributed by atoms with Gasteiger partial charge in [0.15, 0.2) is 0 Å². The molecular weight excluding hydrogens is 494 g/mol.